The third-order valence-electron chi connectivity index (χ3n) is 4.03. The van der Waals surface area contributed by atoms with Crippen molar-refractivity contribution in [1.29, 1.82) is 0 Å². The molecule has 2 heterocycles. The standard InChI is InChI=1S/C14H27NO3/c1-10-7-15(8-11(9-16)17-10)12-6-13(2,3)18-14(12,4)5/h10-12,16H,6-9H2,1-5H3. The van der Waals surface area contributed by atoms with Crippen molar-refractivity contribution in [3.8, 4) is 0 Å². The molecule has 3 atom stereocenters. The first-order valence-corrected chi connectivity index (χ1v) is 6.94. The van der Waals surface area contributed by atoms with Gasteiger partial charge in [0.25, 0.3) is 0 Å². The van der Waals surface area contributed by atoms with Crippen LogP contribution < -0.4 is 0 Å². The lowest BCUT2D eigenvalue weighted by atomic mass is 9.92. The van der Waals surface area contributed by atoms with Crippen molar-refractivity contribution in [2.75, 3.05) is 19.7 Å². The van der Waals surface area contributed by atoms with Gasteiger partial charge in [-0.2, -0.15) is 0 Å². The molecule has 18 heavy (non-hydrogen) atoms. The fourth-order valence-electron chi connectivity index (χ4n) is 3.54. The molecule has 0 aliphatic carbocycles. The lowest BCUT2D eigenvalue weighted by Gasteiger charge is -2.43. The molecule has 0 saturated carbocycles. The first-order chi connectivity index (χ1) is 8.23. The van der Waals surface area contributed by atoms with Gasteiger partial charge in [-0.05, 0) is 41.0 Å². The summed E-state index contributed by atoms with van der Waals surface area (Å²) in [6.07, 6.45) is 1.15. The third kappa shape index (κ3) is 2.87. The summed E-state index contributed by atoms with van der Waals surface area (Å²) in [4.78, 5) is 2.43. The van der Waals surface area contributed by atoms with Crippen molar-refractivity contribution < 1.29 is 14.6 Å². The van der Waals surface area contributed by atoms with E-state index >= 15 is 0 Å². The van der Waals surface area contributed by atoms with Crippen LogP contribution in [0.1, 0.15) is 41.0 Å². The number of hydrogen-bond donors (Lipinski definition) is 1. The number of nitrogens with zero attached hydrogens (tertiary/aromatic N) is 1. The highest BCUT2D eigenvalue weighted by Crippen LogP contribution is 2.40. The quantitative estimate of drug-likeness (QED) is 0.812. The van der Waals surface area contributed by atoms with E-state index in [0.717, 1.165) is 19.5 Å². The molecule has 0 spiro atoms. The van der Waals surface area contributed by atoms with E-state index in [1.54, 1.807) is 0 Å². The predicted octanol–water partition coefficient (Wildman–Crippen LogP) is 1.41. The Morgan fingerprint density at radius 3 is 2.39 bits per heavy atom. The number of aliphatic hydroxyl groups is 1. The van der Waals surface area contributed by atoms with Crippen molar-refractivity contribution in [1.82, 2.24) is 4.90 Å². The van der Waals surface area contributed by atoms with E-state index in [1.165, 1.54) is 0 Å². The molecule has 0 bridgehead atoms. The number of aliphatic hydroxyl groups excluding tert-OH is 1. The Kier molecular flexibility index (Phi) is 3.76. The van der Waals surface area contributed by atoms with Gasteiger partial charge in [-0.3, -0.25) is 4.90 Å². The van der Waals surface area contributed by atoms with Crippen LogP contribution in [-0.2, 0) is 9.47 Å². The minimum atomic E-state index is -0.138. The maximum absolute atomic E-state index is 9.32. The van der Waals surface area contributed by atoms with Crippen LogP contribution in [0.5, 0.6) is 0 Å². The highest BCUT2D eigenvalue weighted by atomic mass is 16.5. The highest BCUT2D eigenvalue weighted by molar-refractivity contribution is 5.01. The molecule has 0 aromatic rings. The Morgan fingerprint density at radius 1 is 1.22 bits per heavy atom. The summed E-state index contributed by atoms with van der Waals surface area (Å²) in [5.41, 5.74) is -0.203. The van der Waals surface area contributed by atoms with E-state index in [4.69, 9.17) is 9.47 Å². The van der Waals surface area contributed by atoms with Crippen LogP contribution in [-0.4, -0.2) is 59.2 Å². The van der Waals surface area contributed by atoms with Crippen LogP contribution in [0.3, 0.4) is 0 Å². The summed E-state index contributed by atoms with van der Waals surface area (Å²) >= 11 is 0. The molecule has 106 valence electrons. The summed E-state index contributed by atoms with van der Waals surface area (Å²) in [6, 6.07) is 0.396. The van der Waals surface area contributed by atoms with Gasteiger partial charge in [0.05, 0.1) is 30.0 Å². The first kappa shape index (κ1) is 14.3. The Hall–Kier alpha value is -0.160. The Bertz CT molecular complexity index is 303. The van der Waals surface area contributed by atoms with Crippen LogP contribution in [0.4, 0.5) is 0 Å². The largest absolute Gasteiger partial charge is 0.394 e. The van der Waals surface area contributed by atoms with Gasteiger partial charge in [-0.15, -0.1) is 0 Å². The SMILES string of the molecule is CC1CN(C2CC(C)(C)OC2(C)C)CC(CO)O1. The van der Waals surface area contributed by atoms with Gasteiger partial charge in [-0.25, -0.2) is 0 Å². The van der Waals surface area contributed by atoms with Crippen LogP contribution in [0.2, 0.25) is 0 Å². The average molecular weight is 257 g/mol. The van der Waals surface area contributed by atoms with Crippen LogP contribution in [0.15, 0.2) is 0 Å². The van der Waals surface area contributed by atoms with E-state index in [2.05, 4.69) is 39.5 Å². The van der Waals surface area contributed by atoms with E-state index in [-0.39, 0.29) is 30.0 Å². The van der Waals surface area contributed by atoms with Gasteiger partial charge in [0, 0.05) is 19.1 Å². The zero-order valence-corrected chi connectivity index (χ0v) is 12.3. The summed E-state index contributed by atoms with van der Waals surface area (Å²) in [7, 11) is 0. The molecule has 2 aliphatic rings. The molecule has 2 aliphatic heterocycles. The molecule has 2 fully saturated rings. The van der Waals surface area contributed by atoms with Crippen LogP contribution >= 0.6 is 0 Å². The van der Waals surface area contributed by atoms with Crippen molar-refractivity contribution >= 4 is 0 Å². The van der Waals surface area contributed by atoms with E-state index < -0.39 is 0 Å². The second-order valence-corrected chi connectivity index (χ2v) is 6.89. The Morgan fingerprint density at radius 2 is 1.89 bits per heavy atom. The normalized spacial score (nSPS) is 40.0. The zero-order valence-electron chi connectivity index (χ0n) is 12.3. The van der Waals surface area contributed by atoms with Crippen molar-refractivity contribution in [2.45, 2.75) is 70.5 Å². The lowest BCUT2D eigenvalue weighted by molar-refractivity contribution is -0.127. The van der Waals surface area contributed by atoms with E-state index in [9.17, 15) is 5.11 Å². The fraction of sp³-hybridized carbons (Fsp3) is 1.00. The summed E-state index contributed by atoms with van der Waals surface area (Å²) < 4.78 is 11.9. The summed E-state index contributed by atoms with van der Waals surface area (Å²) in [5, 5.41) is 9.32. The molecule has 0 aromatic carbocycles. The molecule has 0 radical (unpaired) electrons. The van der Waals surface area contributed by atoms with Crippen LogP contribution in [0, 0.1) is 0 Å². The van der Waals surface area contributed by atoms with Gasteiger partial charge in [0.15, 0.2) is 0 Å². The van der Waals surface area contributed by atoms with Gasteiger partial charge in [0.2, 0.25) is 0 Å². The predicted molar refractivity (Wildman–Crippen MR) is 70.6 cm³/mol. The van der Waals surface area contributed by atoms with Crippen molar-refractivity contribution in [3.63, 3.8) is 0 Å². The fourth-order valence-corrected chi connectivity index (χ4v) is 3.54. The van der Waals surface area contributed by atoms with Crippen molar-refractivity contribution in [3.05, 3.63) is 0 Å². The highest BCUT2D eigenvalue weighted by Gasteiger charge is 2.49. The van der Waals surface area contributed by atoms with Gasteiger partial charge < -0.3 is 14.6 Å². The first-order valence-electron chi connectivity index (χ1n) is 6.94. The Balaban J connectivity index is 2.11. The molecule has 0 amide bonds. The number of ether oxygens (including phenoxy) is 2. The molecule has 0 aromatic heterocycles. The van der Waals surface area contributed by atoms with Gasteiger partial charge >= 0.3 is 0 Å². The van der Waals surface area contributed by atoms with Gasteiger partial charge in [-0.1, -0.05) is 0 Å². The van der Waals surface area contributed by atoms with E-state index in [0.29, 0.717) is 6.04 Å². The maximum Gasteiger partial charge on any atom is 0.0936 e. The number of rotatable bonds is 2. The topological polar surface area (TPSA) is 41.9 Å². The third-order valence-corrected chi connectivity index (χ3v) is 4.03. The molecule has 2 saturated heterocycles. The average Bonchev–Trinajstić information content (AvgIpc) is 2.45. The molecule has 4 heteroatoms. The summed E-state index contributed by atoms with van der Waals surface area (Å²) in [5.74, 6) is 0. The molecular formula is C14H27NO3. The Labute approximate surface area is 110 Å². The molecule has 2 rings (SSSR count). The maximum atomic E-state index is 9.32. The van der Waals surface area contributed by atoms with Gasteiger partial charge in [0.1, 0.15) is 0 Å². The smallest absolute Gasteiger partial charge is 0.0936 e. The van der Waals surface area contributed by atoms with E-state index in [1.807, 2.05) is 0 Å². The molecule has 4 nitrogen and oxygen atoms in total. The second-order valence-electron chi connectivity index (χ2n) is 6.89. The lowest BCUT2D eigenvalue weighted by Crippen LogP contribution is -2.56. The zero-order chi connectivity index (χ0) is 13.6. The minimum absolute atomic E-state index is 0.0618. The summed E-state index contributed by atoms with van der Waals surface area (Å²) in [6.45, 7) is 12.5. The molecule has 3 unspecified atom stereocenters. The number of hydrogen-bond acceptors (Lipinski definition) is 4. The second kappa shape index (κ2) is 4.75. The molecule has 1 N–H and O–H groups in total. The monoisotopic (exact) mass is 257 g/mol. The minimum Gasteiger partial charge on any atom is -0.394 e. The molecular weight excluding hydrogens is 230 g/mol. The van der Waals surface area contributed by atoms with Crippen molar-refractivity contribution in [2.24, 2.45) is 0 Å². The number of morpholine rings is 1. The van der Waals surface area contributed by atoms with Crippen LogP contribution in [0.25, 0.3) is 0 Å².